The summed E-state index contributed by atoms with van der Waals surface area (Å²) in [4.78, 5) is 20.5. The molecule has 2 N–H and O–H groups in total. The summed E-state index contributed by atoms with van der Waals surface area (Å²) in [6.07, 6.45) is 2.84. The lowest BCUT2D eigenvalue weighted by Gasteiger charge is -2.15. The van der Waals surface area contributed by atoms with Gasteiger partial charge in [0.15, 0.2) is 6.29 Å². The monoisotopic (exact) mass is 407 g/mol. The molecule has 1 aliphatic rings. The van der Waals surface area contributed by atoms with E-state index in [0.29, 0.717) is 29.6 Å². The van der Waals surface area contributed by atoms with Gasteiger partial charge in [-0.25, -0.2) is 14.8 Å². The molecule has 0 amide bonds. The number of hydrogen-bond donors (Lipinski definition) is 2. The molecule has 2 heterocycles. The van der Waals surface area contributed by atoms with E-state index < -0.39 is 12.3 Å². The fourth-order valence-corrected chi connectivity index (χ4v) is 3.15. The largest absolute Gasteiger partial charge is 0.497 e. The molecular formula is C22H21N3O5. The topological polar surface area (TPSA) is 103 Å². The van der Waals surface area contributed by atoms with Gasteiger partial charge in [-0.1, -0.05) is 6.07 Å². The molecule has 3 aromatic rings. The van der Waals surface area contributed by atoms with Gasteiger partial charge in [0.2, 0.25) is 5.95 Å². The number of aromatic carboxylic acids is 1. The second-order valence-corrected chi connectivity index (χ2v) is 6.70. The van der Waals surface area contributed by atoms with Crippen molar-refractivity contribution >= 4 is 17.6 Å². The van der Waals surface area contributed by atoms with Crippen LogP contribution in [0.25, 0.3) is 11.3 Å². The molecule has 30 heavy (non-hydrogen) atoms. The summed E-state index contributed by atoms with van der Waals surface area (Å²) in [5.41, 5.74) is 2.06. The van der Waals surface area contributed by atoms with Crippen LogP contribution in [0.4, 0.5) is 11.6 Å². The number of methoxy groups -OCH3 is 1. The molecule has 1 fully saturated rings. The van der Waals surface area contributed by atoms with Crippen molar-refractivity contribution < 1.29 is 24.1 Å². The van der Waals surface area contributed by atoms with E-state index in [1.165, 1.54) is 0 Å². The molecule has 0 bridgehead atoms. The van der Waals surface area contributed by atoms with Crippen LogP contribution in [0.3, 0.4) is 0 Å². The minimum Gasteiger partial charge on any atom is -0.497 e. The average molecular weight is 407 g/mol. The van der Waals surface area contributed by atoms with Crippen molar-refractivity contribution in [2.75, 3.05) is 19.0 Å². The summed E-state index contributed by atoms with van der Waals surface area (Å²) in [5, 5.41) is 12.8. The first-order valence-electron chi connectivity index (χ1n) is 9.52. The molecular weight excluding hydrogens is 386 g/mol. The van der Waals surface area contributed by atoms with Crippen molar-refractivity contribution in [3.05, 3.63) is 60.3 Å². The van der Waals surface area contributed by atoms with Crippen LogP contribution in [-0.4, -0.2) is 41.1 Å². The maximum absolute atomic E-state index is 11.8. The predicted molar refractivity (Wildman–Crippen MR) is 110 cm³/mol. The first kappa shape index (κ1) is 19.7. The van der Waals surface area contributed by atoms with Gasteiger partial charge in [-0.3, -0.25) is 0 Å². The van der Waals surface area contributed by atoms with Crippen LogP contribution in [0, 0.1) is 0 Å². The summed E-state index contributed by atoms with van der Waals surface area (Å²) in [7, 11) is 1.60. The zero-order valence-corrected chi connectivity index (χ0v) is 16.4. The molecule has 2 aromatic carbocycles. The van der Waals surface area contributed by atoms with Gasteiger partial charge in [0.1, 0.15) is 17.1 Å². The van der Waals surface area contributed by atoms with Gasteiger partial charge < -0.3 is 24.6 Å². The number of ether oxygens (including phenoxy) is 3. The van der Waals surface area contributed by atoms with E-state index in [9.17, 15) is 9.90 Å². The average Bonchev–Trinajstić information content (AvgIpc) is 3.27. The second kappa shape index (κ2) is 8.79. The Hall–Kier alpha value is -3.65. The van der Waals surface area contributed by atoms with E-state index in [-0.39, 0.29) is 11.3 Å². The molecule has 0 spiro atoms. The van der Waals surface area contributed by atoms with Crippen LogP contribution in [0.2, 0.25) is 0 Å². The highest BCUT2D eigenvalue weighted by atomic mass is 16.7. The van der Waals surface area contributed by atoms with Gasteiger partial charge in [0, 0.05) is 29.9 Å². The molecule has 0 aliphatic carbocycles. The fraction of sp³-hybridized carbons (Fsp3) is 0.227. The van der Waals surface area contributed by atoms with Crippen molar-refractivity contribution in [2.45, 2.75) is 19.1 Å². The number of benzene rings is 2. The minimum absolute atomic E-state index is 0.0592. The number of nitrogens with one attached hydrogen (secondary N) is 1. The smallest absolute Gasteiger partial charge is 0.339 e. The Labute approximate surface area is 173 Å². The molecule has 1 aliphatic heterocycles. The molecule has 1 atom stereocenters. The standard InChI is InChI=1S/C22H21N3O5/c1-28-16-5-2-4-15(13-16)24-22-23-10-9-18(25-22)14-7-8-19(17(12-14)21(26)27)30-20-6-3-11-29-20/h2,4-5,7-10,12-13,20H,3,6,11H2,1H3,(H,26,27)(H,23,24,25)/t20-/m0/s1. The summed E-state index contributed by atoms with van der Waals surface area (Å²) < 4.78 is 16.4. The number of carbonyl (C=O) groups is 1. The lowest BCUT2D eigenvalue weighted by Crippen LogP contribution is -2.16. The van der Waals surface area contributed by atoms with Gasteiger partial charge >= 0.3 is 5.97 Å². The Morgan fingerprint density at radius 2 is 2.13 bits per heavy atom. The number of carboxylic acids is 1. The first-order valence-corrected chi connectivity index (χ1v) is 9.52. The lowest BCUT2D eigenvalue weighted by molar-refractivity contribution is -0.0395. The quantitative estimate of drug-likeness (QED) is 0.603. The van der Waals surface area contributed by atoms with Gasteiger partial charge in [0.25, 0.3) is 0 Å². The second-order valence-electron chi connectivity index (χ2n) is 6.70. The lowest BCUT2D eigenvalue weighted by atomic mass is 10.1. The van der Waals surface area contributed by atoms with Crippen molar-refractivity contribution in [3.63, 3.8) is 0 Å². The summed E-state index contributed by atoms with van der Waals surface area (Å²) in [6.45, 7) is 0.620. The Bertz CT molecular complexity index is 1050. The van der Waals surface area contributed by atoms with Gasteiger partial charge in [-0.2, -0.15) is 0 Å². The Kier molecular flexibility index (Phi) is 5.76. The van der Waals surface area contributed by atoms with Gasteiger partial charge in [0.05, 0.1) is 19.4 Å². The highest BCUT2D eigenvalue weighted by Crippen LogP contribution is 2.29. The molecule has 1 aromatic heterocycles. The molecule has 154 valence electrons. The minimum atomic E-state index is -1.08. The maximum Gasteiger partial charge on any atom is 0.339 e. The van der Waals surface area contributed by atoms with E-state index in [1.807, 2.05) is 24.3 Å². The van der Waals surface area contributed by atoms with E-state index in [0.717, 1.165) is 18.5 Å². The summed E-state index contributed by atoms with van der Waals surface area (Å²) in [6, 6.07) is 14.1. The third kappa shape index (κ3) is 4.49. The molecule has 1 saturated heterocycles. The van der Waals surface area contributed by atoms with E-state index in [1.54, 1.807) is 37.6 Å². The third-order valence-electron chi connectivity index (χ3n) is 4.63. The molecule has 0 unspecified atom stereocenters. The molecule has 4 rings (SSSR count). The van der Waals surface area contributed by atoms with E-state index >= 15 is 0 Å². The number of nitrogens with zero attached hydrogens (tertiary/aromatic N) is 2. The SMILES string of the molecule is COc1cccc(Nc2nccc(-c3ccc(O[C@H]4CCCO4)c(C(=O)O)c3)n2)c1. The summed E-state index contributed by atoms with van der Waals surface area (Å²) >= 11 is 0. The van der Waals surface area contributed by atoms with Crippen LogP contribution in [-0.2, 0) is 4.74 Å². The molecule has 8 nitrogen and oxygen atoms in total. The van der Waals surface area contributed by atoms with Gasteiger partial charge in [-0.15, -0.1) is 0 Å². The molecule has 0 radical (unpaired) electrons. The summed E-state index contributed by atoms with van der Waals surface area (Å²) in [5.74, 6) is 0.303. The van der Waals surface area contributed by atoms with Crippen LogP contribution < -0.4 is 14.8 Å². The van der Waals surface area contributed by atoms with Crippen molar-refractivity contribution in [1.29, 1.82) is 0 Å². The Balaban J connectivity index is 1.59. The zero-order chi connectivity index (χ0) is 20.9. The van der Waals surface area contributed by atoms with Crippen molar-refractivity contribution in [2.24, 2.45) is 0 Å². The van der Waals surface area contributed by atoms with Crippen LogP contribution >= 0.6 is 0 Å². The number of carboxylic acid groups (broad SMARTS) is 1. The van der Waals surface area contributed by atoms with Crippen LogP contribution in [0.5, 0.6) is 11.5 Å². The first-order chi connectivity index (χ1) is 14.6. The zero-order valence-electron chi connectivity index (χ0n) is 16.4. The molecule has 0 saturated carbocycles. The fourth-order valence-electron chi connectivity index (χ4n) is 3.15. The number of anilines is 2. The Morgan fingerprint density at radius 3 is 2.90 bits per heavy atom. The van der Waals surface area contributed by atoms with Crippen molar-refractivity contribution in [3.8, 4) is 22.8 Å². The highest BCUT2D eigenvalue weighted by Gasteiger charge is 2.21. The molecule has 8 heteroatoms. The van der Waals surface area contributed by atoms with Crippen LogP contribution in [0.1, 0.15) is 23.2 Å². The van der Waals surface area contributed by atoms with Crippen molar-refractivity contribution in [1.82, 2.24) is 9.97 Å². The Morgan fingerprint density at radius 1 is 1.23 bits per heavy atom. The highest BCUT2D eigenvalue weighted by molar-refractivity contribution is 5.92. The van der Waals surface area contributed by atoms with E-state index in [2.05, 4.69) is 15.3 Å². The number of aromatic nitrogens is 2. The predicted octanol–water partition coefficient (Wildman–Crippen LogP) is 4.11. The van der Waals surface area contributed by atoms with E-state index in [4.69, 9.17) is 14.2 Å². The third-order valence-corrected chi connectivity index (χ3v) is 4.63. The number of rotatable bonds is 7. The number of hydrogen-bond acceptors (Lipinski definition) is 7. The van der Waals surface area contributed by atoms with Crippen LogP contribution in [0.15, 0.2) is 54.7 Å². The van der Waals surface area contributed by atoms with Gasteiger partial charge in [-0.05, 0) is 42.8 Å². The maximum atomic E-state index is 11.8. The normalized spacial score (nSPS) is 15.6.